The van der Waals surface area contributed by atoms with Crippen molar-refractivity contribution in [1.29, 1.82) is 0 Å². The first-order valence-electron chi connectivity index (χ1n) is 26.2. The van der Waals surface area contributed by atoms with Gasteiger partial charge in [-0.05, 0) is 122 Å². The largest absolute Gasteiger partial charge is 0.472 e. The van der Waals surface area contributed by atoms with E-state index in [2.05, 4.69) is 172 Å². The fourth-order valence-corrected chi connectivity index (χ4v) is 6.80. The van der Waals surface area contributed by atoms with E-state index in [0.717, 1.165) is 116 Å². The molecule has 0 rings (SSSR count). The van der Waals surface area contributed by atoms with Crippen molar-refractivity contribution in [3.05, 3.63) is 158 Å². The van der Waals surface area contributed by atoms with Gasteiger partial charge in [-0.25, -0.2) is 4.57 Å². The van der Waals surface area contributed by atoms with Gasteiger partial charge in [-0.2, -0.15) is 0 Å². The van der Waals surface area contributed by atoms with Crippen molar-refractivity contribution in [2.24, 2.45) is 0 Å². The first kappa shape index (κ1) is 65.6. The maximum atomic E-state index is 12.7. The van der Waals surface area contributed by atoms with Crippen LogP contribution in [-0.2, 0) is 32.7 Å². The van der Waals surface area contributed by atoms with E-state index >= 15 is 0 Å². The number of unbranched alkanes of at least 4 members (excludes halogenated alkanes) is 5. The lowest BCUT2D eigenvalue weighted by atomic mass is 10.1. The molecule has 0 spiro atoms. The highest BCUT2D eigenvalue weighted by Crippen LogP contribution is 2.43. The molecule has 9 nitrogen and oxygen atoms in total. The molecule has 392 valence electrons. The standard InChI is InChI=1S/C60H94NO8P/c1-6-8-10-12-14-16-18-20-21-22-23-24-25-26-27-28-29-30-31-32-33-34-35-36-37-38-39-41-43-45-47-49-51-53-60(63)69-58(57-68-70(64,65)67-55-54-61(3,4)5)56-66-59(62)52-50-48-46-44-42-40-19-17-15-13-11-9-7-2/h8-11,14-17,20-21,23-24,26-27,29-30,32-33,35-36,38-40,42-43,45,58H,6-7,12-13,18-19,22,25,28,31,34,37,41,44,46-57H2,1-5H3/p+1/b10-8-,11-9-,16-14-,17-15-,21-20-,24-23-,27-26-,30-29-,33-32-,36-35-,39-38-,42-40-,45-43-. The normalized spacial score (nSPS) is 14.7. The number of likely N-dealkylation sites (N-methyl/N-ethyl adjacent to an activating group) is 1. The van der Waals surface area contributed by atoms with Gasteiger partial charge < -0.3 is 18.9 Å². The Balaban J connectivity index is 4.35. The Morgan fingerprint density at radius 3 is 1.14 bits per heavy atom. The van der Waals surface area contributed by atoms with Crippen molar-refractivity contribution < 1.29 is 42.1 Å². The summed E-state index contributed by atoms with van der Waals surface area (Å²) in [5, 5.41) is 0. The molecule has 0 aliphatic rings. The lowest BCUT2D eigenvalue weighted by molar-refractivity contribution is -0.870. The predicted octanol–water partition coefficient (Wildman–Crippen LogP) is 16.1. The zero-order valence-electron chi connectivity index (χ0n) is 44.2. The maximum Gasteiger partial charge on any atom is 0.472 e. The van der Waals surface area contributed by atoms with Crippen LogP contribution in [0, 0.1) is 0 Å². The highest BCUT2D eigenvalue weighted by atomic mass is 31.2. The van der Waals surface area contributed by atoms with Gasteiger partial charge in [0.15, 0.2) is 6.10 Å². The van der Waals surface area contributed by atoms with Gasteiger partial charge in [0, 0.05) is 12.8 Å². The number of rotatable bonds is 45. The molecule has 0 aromatic carbocycles. The van der Waals surface area contributed by atoms with Crippen molar-refractivity contribution in [2.75, 3.05) is 47.5 Å². The number of carbonyl (C=O) groups excluding carboxylic acids is 2. The van der Waals surface area contributed by atoms with Gasteiger partial charge in [0.2, 0.25) is 0 Å². The van der Waals surface area contributed by atoms with E-state index in [4.69, 9.17) is 18.5 Å². The molecule has 0 saturated heterocycles. The lowest BCUT2D eigenvalue weighted by Gasteiger charge is -2.24. The summed E-state index contributed by atoms with van der Waals surface area (Å²) in [6, 6.07) is 0. The van der Waals surface area contributed by atoms with Crippen LogP contribution >= 0.6 is 7.82 Å². The van der Waals surface area contributed by atoms with E-state index in [1.165, 1.54) is 0 Å². The van der Waals surface area contributed by atoms with Crippen LogP contribution in [-0.4, -0.2) is 74.9 Å². The number of phosphoric acid groups is 1. The van der Waals surface area contributed by atoms with E-state index in [0.29, 0.717) is 23.9 Å². The van der Waals surface area contributed by atoms with Crippen molar-refractivity contribution in [1.82, 2.24) is 0 Å². The van der Waals surface area contributed by atoms with Gasteiger partial charge in [-0.15, -0.1) is 0 Å². The molecule has 70 heavy (non-hydrogen) atoms. The van der Waals surface area contributed by atoms with E-state index in [1.54, 1.807) is 0 Å². The molecular formula is C60H95NO8P+. The topological polar surface area (TPSA) is 108 Å². The van der Waals surface area contributed by atoms with Crippen molar-refractivity contribution in [3.63, 3.8) is 0 Å². The third-order valence-electron chi connectivity index (χ3n) is 10.1. The molecule has 0 bridgehead atoms. The number of allylic oxidation sites excluding steroid dienone is 26. The molecule has 10 heteroatoms. The summed E-state index contributed by atoms with van der Waals surface area (Å²) in [7, 11) is 1.40. The summed E-state index contributed by atoms with van der Waals surface area (Å²) in [6.07, 6.45) is 74.6. The number of quaternary nitrogens is 1. The van der Waals surface area contributed by atoms with Crippen LogP contribution in [0.5, 0.6) is 0 Å². The summed E-state index contributed by atoms with van der Waals surface area (Å²) >= 11 is 0. The number of esters is 2. The first-order chi connectivity index (χ1) is 34.0. The lowest BCUT2D eigenvalue weighted by Crippen LogP contribution is -2.37. The monoisotopic (exact) mass is 989 g/mol. The summed E-state index contributed by atoms with van der Waals surface area (Å²) in [4.78, 5) is 35.5. The Morgan fingerprint density at radius 1 is 0.443 bits per heavy atom. The molecular weight excluding hydrogens is 894 g/mol. The van der Waals surface area contributed by atoms with Gasteiger partial charge in [-0.1, -0.05) is 178 Å². The fourth-order valence-electron chi connectivity index (χ4n) is 6.05. The first-order valence-corrected chi connectivity index (χ1v) is 27.7. The van der Waals surface area contributed by atoms with Gasteiger partial charge in [-0.3, -0.25) is 18.6 Å². The minimum absolute atomic E-state index is 0.00825. The Morgan fingerprint density at radius 2 is 0.771 bits per heavy atom. The molecule has 0 aromatic heterocycles. The molecule has 1 N–H and O–H groups in total. The third kappa shape index (κ3) is 53.0. The van der Waals surface area contributed by atoms with Crippen LogP contribution in [0.1, 0.15) is 155 Å². The van der Waals surface area contributed by atoms with E-state index in [9.17, 15) is 19.0 Å². The smallest absolute Gasteiger partial charge is 0.462 e. The molecule has 0 fully saturated rings. The summed E-state index contributed by atoms with van der Waals surface area (Å²) in [6.45, 7) is 4.07. The van der Waals surface area contributed by atoms with Crippen molar-refractivity contribution in [3.8, 4) is 0 Å². The molecule has 0 aliphatic carbocycles. The Labute approximate surface area is 426 Å². The summed E-state index contributed by atoms with van der Waals surface area (Å²) < 4.78 is 34.3. The second-order valence-electron chi connectivity index (χ2n) is 17.8. The highest BCUT2D eigenvalue weighted by molar-refractivity contribution is 7.47. The number of hydrogen-bond donors (Lipinski definition) is 1. The average molecular weight is 989 g/mol. The highest BCUT2D eigenvalue weighted by Gasteiger charge is 2.27. The van der Waals surface area contributed by atoms with Gasteiger partial charge in [0.1, 0.15) is 19.8 Å². The zero-order chi connectivity index (χ0) is 51.3. The van der Waals surface area contributed by atoms with E-state index in [1.807, 2.05) is 21.1 Å². The quantitative estimate of drug-likeness (QED) is 0.0211. The minimum Gasteiger partial charge on any atom is -0.462 e. The second-order valence-corrected chi connectivity index (χ2v) is 19.2. The number of ether oxygens (including phenoxy) is 2. The fraction of sp³-hybridized carbons (Fsp3) is 0.533. The third-order valence-corrected chi connectivity index (χ3v) is 11.0. The summed E-state index contributed by atoms with van der Waals surface area (Å²) in [5.74, 6) is -0.902. The van der Waals surface area contributed by atoms with E-state index in [-0.39, 0.29) is 26.1 Å². The average Bonchev–Trinajstić information content (AvgIpc) is 3.32. The van der Waals surface area contributed by atoms with Crippen LogP contribution < -0.4 is 0 Å². The van der Waals surface area contributed by atoms with Gasteiger partial charge in [0.05, 0.1) is 27.7 Å². The molecule has 0 radical (unpaired) electrons. The number of phosphoric ester groups is 1. The SMILES string of the molecule is CC/C=C\C/C=C\C/C=C\C/C=C\C/C=C\C/C=C\C/C=C\C/C=C\C/C=C\C/C=C\CCCCC(=O)OC(COC(=O)CCCCC/C=C\C/C=C\C/C=C\CC)COP(=O)(O)OCC[N+](C)(C)C. The summed E-state index contributed by atoms with van der Waals surface area (Å²) in [5.41, 5.74) is 0. The number of hydrogen-bond acceptors (Lipinski definition) is 7. The molecule has 0 aromatic rings. The van der Waals surface area contributed by atoms with Crippen LogP contribution in [0.2, 0.25) is 0 Å². The molecule has 2 unspecified atom stereocenters. The van der Waals surface area contributed by atoms with Gasteiger partial charge in [0.25, 0.3) is 0 Å². The second kappa shape index (κ2) is 49.6. The molecule has 0 aliphatic heterocycles. The number of carbonyl (C=O) groups is 2. The van der Waals surface area contributed by atoms with Crippen LogP contribution in [0.4, 0.5) is 0 Å². The Kier molecular flexibility index (Phi) is 46.5. The van der Waals surface area contributed by atoms with Crippen molar-refractivity contribution in [2.45, 2.75) is 161 Å². The van der Waals surface area contributed by atoms with E-state index < -0.39 is 32.5 Å². The van der Waals surface area contributed by atoms with Crippen LogP contribution in [0.15, 0.2) is 158 Å². The van der Waals surface area contributed by atoms with Gasteiger partial charge >= 0.3 is 19.8 Å². The zero-order valence-corrected chi connectivity index (χ0v) is 45.1. The predicted molar refractivity (Wildman–Crippen MR) is 297 cm³/mol. The Bertz CT molecular complexity index is 1730. The van der Waals surface area contributed by atoms with Crippen LogP contribution in [0.3, 0.4) is 0 Å². The maximum absolute atomic E-state index is 12.7. The van der Waals surface area contributed by atoms with Crippen molar-refractivity contribution >= 4 is 19.8 Å². The molecule has 0 amide bonds. The van der Waals surface area contributed by atoms with Crippen LogP contribution in [0.25, 0.3) is 0 Å². The Hall–Kier alpha value is -4.37. The molecule has 0 heterocycles. The minimum atomic E-state index is -4.41. The number of nitrogens with zero attached hydrogens (tertiary/aromatic N) is 1. The molecule has 2 atom stereocenters. The molecule has 0 saturated carbocycles.